The van der Waals surface area contributed by atoms with Crippen LogP contribution in [0.4, 0.5) is 11.5 Å². The molecule has 4 heterocycles. The van der Waals surface area contributed by atoms with Gasteiger partial charge in [-0.1, -0.05) is 22.0 Å². The smallest absolute Gasteiger partial charge is 0.227 e. The highest BCUT2D eigenvalue weighted by Crippen LogP contribution is 2.30. The van der Waals surface area contributed by atoms with E-state index in [1.807, 2.05) is 25.1 Å². The molecule has 8 heteroatoms. The molecule has 0 saturated carbocycles. The van der Waals surface area contributed by atoms with Crippen LogP contribution in [-0.4, -0.2) is 38.5 Å². The van der Waals surface area contributed by atoms with E-state index in [0.29, 0.717) is 0 Å². The second-order valence-corrected chi connectivity index (χ2v) is 9.08. The lowest BCUT2D eigenvalue weighted by atomic mass is 9.95. The molecule has 3 aromatic rings. The summed E-state index contributed by atoms with van der Waals surface area (Å²) in [6.07, 6.45) is 6.62. The Hall–Kier alpha value is -2.48. The summed E-state index contributed by atoms with van der Waals surface area (Å²) in [4.78, 5) is 29.0. The number of nitrogens with one attached hydrogen (secondary N) is 1. The van der Waals surface area contributed by atoms with Crippen molar-refractivity contribution in [2.45, 2.75) is 45.6 Å². The average molecular weight is 469 g/mol. The Balaban J connectivity index is 1.28. The monoisotopic (exact) mass is 468 g/mol. The molecule has 0 aliphatic carbocycles. The third-order valence-corrected chi connectivity index (χ3v) is 7.08. The van der Waals surface area contributed by atoms with Crippen molar-refractivity contribution in [3.63, 3.8) is 0 Å². The maximum atomic E-state index is 12.8. The molecule has 7 nitrogen and oxygen atoms in total. The molecular formula is C22H25BrN6O. The van der Waals surface area contributed by atoms with Crippen LogP contribution in [0.3, 0.4) is 0 Å². The van der Waals surface area contributed by atoms with E-state index in [-0.39, 0.29) is 11.8 Å². The van der Waals surface area contributed by atoms with Crippen LogP contribution in [0.5, 0.6) is 0 Å². The molecular weight excluding hydrogens is 444 g/mol. The predicted molar refractivity (Wildman–Crippen MR) is 121 cm³/mol. The number of imidazole rings is 1. The number of benzene rings is 1. The van der Waals surface area contributed by atoms with Crippen molar-refractivity contribution in [2.75, 3.05) is 23.3 Å². The zero-order chi connectivity index (χ0) is 20.7. The van der Waals surface area contributed by atoms with Crippen molar-refractivity contribution in [1.29, 1.82) is 0 Å². The largest absolute Gasteiger partial charge is 0.355 e. The Morgan fingerprint density at radius 1 is 1.17 bits per heavy atom. The molecule has 0 bridgehead atoms. The highest BCUT2D eigenvalue weighted by molar-refractivity contribution is 9.10. The molecule has 0 radical (unpaired) electrons. The number of aromatic nitrogens is 4. The lowest BCUT2D eigenvalue weighted by Gasteiger charge is -2.32. The maximum absolute atomic E-state index is 12.8. The van der Waals surface area contributed by atoms with Gasteiger partial charge in [0.25, 0.3) is 0 Å². The Morgan fingerprint density at radius 2 is 2.00 bits per heavy atom. The molecule has 0 atom stereocenters. The van der Waals surface area contributed by atoms with E-state index in [2.05, 4.69) is 40.7 Å². The Labute approximate surface area is 184 Å². The first-order chi connectivity index (χ1) is 14.6. The van der Waals surface area contributed by atoms with Crippen molar-refractivity contribution in [2.24, 2.45) is 5.92 Å². The van der Waals surface area contributed by atoms with E-state index >= 15 is 0 Å². The summed E-state index contributed by atoms with van der Waals surface area (Å²) in [6, 6.07) is 5.92. The van der Waals surface area contributed by atoms with Crippen LogP contribution in [-0.2, 0) is 17.8 Å². The Kier molecular flexibility index (Phi) is 5.18. The van der Waals surface area contributed by atoms with Gasteiger partial charge in [0.1, 0.15) is 12.2 Å². The van der Waals surface area contributed by atoms with E-state index in [1.54, 1.807) is 6.33 Å². The Bertz CT molecular complexity index is 1100. The molecule has 156 valence electrons. The van der Waals surface area contributed by atoms with Crippen LogP contribution >= 0.6 is 15.9 Å². The molecule has 0 spiro atoms. The van der Waals surface area contributed by atoms with Gasteiger partial charge in [-0.05, 0) is 50.3 Å². The second kappa shape index (κ2) is 7.98. The predicted octanol–water partition coefficient (Wildman–Crippen LogP) is 4.09. The zero-order valence-electron chi connectivity index (χ0n) is 17.1. The number of rotatable bonds is 3. The fourth-order valence-corrected chi connectivity index (χ4v) is 4.83. The van der Waals surface area contributed by atoms with E-state index in [4.69, 9.17) is 4.98 Å². The van der Waals surface area contributed by atoms with Crippen molar-refractivity contribution in [3.8, 4) is 0 Å². The number of hydrogen-bond donors (Lipinski definition) is 1. The number of fused-ring (bicyclic) bond motifs is 3. The van der Waals surface area contributed by atoms with Gasteiger partial charge in [0.2, 0.25) is 5.91 Å². The topological polar surface area (TPSA) is 75.9 Å². The number of carbonyl (C=O) groups excluding carboxylic acids is 1. The van der Waals surface area contributed by atoms with E-state index in [0.717, 1.165) is 77.4 Å². The lowest BCUT2D eigenvalue weighted by molar-refractivity contribution is -0.120. The summed E-state index contributed by atoms with van der Waals surface area (Å²) in [7, 11) is 0. The van der Waals surface area contributed by atoms with E-state index < -0.39 is 0 Å². The fraction of sp³-hybridized carbons (Fsp3) is 0.455. The van der Waals surface area contributed by atoms with Gasteiger partial charge in [0.15, 0.2) is 17.0 Å². The molecule has 1 fully saturated rings. The standard InChI is InChI=1S/C22H25BrN6O/c1-14-5-6-16(12-17(14)23)26-22(30)15-7-10-28(11-8-15)20-19-21(25-13-24-20)29-9-3-2-4-18(29)27-19/h5-6,12-13,15H,2-4,7-11H2,1H3,(H,26,30). The highest BCUT2D eigenvalue weighted by Gasteiger charge is 2.28. The number of nitrogens with zero attached hydrogens (tertiary/aromatic N) is 5. The van der Waals surface area contributed by atoms with Crippen LogP contribution in [0.15, 0.2) is 29.0 Å². The second-order valence-electron chi connectivity index (χ2n) is 8.22. The van der Waals surface area contributed by atoms with Gasteiger partial charge >= 0.3 is 0 Å². The first-order valence-electron chi connectivity index (χ1n) is 10.6. The van der Waals surface area contributed by atoms with Crippen molar-refractivity contribution < 1.29 is 4.79 Å². The van der Waals surface area contributed by atoms with Crippen molar-refractivity contribution >= 4 is 44.5 Å². The molecule has 2 aromatic heterocycles. The third kappa shape index (κ3) is 3.57. The number of carbonyl (C=O) groups is 1. The molecule has 1 aromatic carbocycles. The minimum absolute atomic E-state index is 0.00820. The number of anilines is 2. The van der Waals surface area contributed by atoms with Crippen molar-refractivity contribution in [3.05, 3.63) is 40.4 Å². The van der Waals surface area contributed by atoms with Crippen molar-refractivity contribution in [1.82, 2.24) is 19.5 Å². The van der Waals surface area contributed by atoms with Gasteiger partial charge in [-0.3, -0.25) is 4.79 Å². The summed E-state index contributed by atoms with van der Waals surface area (Å²) in [5.41, 5.74) is 3.83. The fourth-order valence-electron chi connectivity index (χ4n) is 4.45. The number of aryl methyl sites for hydroxylation is 3. The van der Waals surface area contributed by atoms with Crippen LogP contribution in [0.1, 0.15) is 37.1 Å². The number of halogens is 1. The minimum atomic E-state index is 0.00820. The lowest BCUT2D eigenvalue weighted by Crippen LogP contribution is -2.38. The average Bonchev–Trinajstić information content (AvgIpc) is 3.15. The minimum Gasteiger partial charge on any atom is -0.355 e. The van der Waals surface area contributed by atoms with Crippen LogP contribution < -0.4 is 10.2 Å². The van der Waals surface area contributed by atoms with E-state index in [1.165, 1.54) is 12.8 Å². The zero-order valence-corrected chi connectivity index (χ0v) is 18.7. The summed E-state index contributed by atoms with van der Waals surface area (Å²) < 4.78 is 3.25. The van der Waals surface area contributed by atoms with Gasteiger partial charge in [0, 0.05) is 42.1 Å². The molecule has 2 aliphatic heterocycles. The Morgan fingerprint density at radius 3 is 2.80 bits per heavy atom. The van der Waals surface area contributed by atoms with Crippen LogP contribution in [0, 0.1) is 12.8 Å². The first-order valence-corrected chi connectivity index (χ1v) is 11.4. The molecule has 5 rings (SSSR count). The van der Waals surface area contributed by atoms with Gasteiger partial charge in [-0.25, -0.2) is 15.0 Å². The van der Waals surface area contributed by atoms with E-state index in [9.17, 15) is 4.79 Å². The maximum Gasteiger partial charge on any atom is 0.227 e. The summed E-state index contributed by atoms with van der Waals surface area (Å²) >= 11 is 3.53. The number of piperidine rings is 1. The van der Waals surface area contributed by atoms with Gasteiger partial charge < -0.3 is 14.8 Å². The molecule has 1 amide bonds. The van der Waals surface area contributed by atoms with Crippen LogP contribution in [0.2, 0.25) is 0 Å². The third-order valence-electron chi connectivity index (χ3n) is 6.23. The molecule has 1 saturated heterocycles. The quantitative estimate of drug-likeness (QED) is 0.626. The molecule has 0 unspecified atom stereocenters. The normalized spacial score (nSPS) is 17.2. The summed E-state index contributed by atoms with van der Waals surface area (Å²) in [5.74, 6) is 2.13. The molecule has 2 aliphatic rings. The first kappa shape index (κ1) is 19.5. The van der Waals surface area contributed by atoms with Crippen LogP contribution in [0.25, 0.3) is 11.2 Å². The number of amides is 1. The summed E-state index contributed by atoms with van der Waals surface area (Å²) in [5, 5.41) is 3.07. The number of hydrogen-bond acceptors (Lipinski definition) is 5. The van der Waals surface area contributed by atoms with Gasteiger partial charge in [0.05, 0.1) is 0 Å². The van der Waals surface area contributed by atoms with Gasteiger partial charge in [-0.2, -0.15) is 0 Å². The van der Waals surface area contributed by atoms with Gasteiger partial charge in [-0.15, -0.1) is 0 Å². The SMILES string of the molecule is Cc1ccc(NC(=O)C2CCN(c3ncnc4c3nc3n4CCCC3)CC2)cc1Br. The molecule has 30 heavy (non-hydrogen) atoms. The highest BCUT2D eigenvalue weighted by atomic mass is 79.9. The molecule has 1 N–H and O–H groups in total. The summed E-state index contributed by atoms with van der Waals surface area (Å²) in [6.45, 7) is 4.61.